The lowest BCUT2D eigenvalue weighted by molar-refractivity contribution is -0.137. The van der Waals surface area contributed by atoms with Gasteiger partial charge in [-0.2, -0.15) is 18.2 Å². The Balaban J connectivity index is 1.85. The summed E-state index contributed by atoms with van der Waals surface area (Å²) in [7, 11) is 1.28. The maximum absolute atomic E-state index is 13.5. The Hall–Kier alpha value is -3.57. The molecule has 1 atom stereocenters. The number of para-hydroxylation sites is 2. The average molecular weight is 438 g/mol. The van der Waals surface area contributed by atoms with Crippen molar-refractivity contribution in [1.29, 1.82) is 0 Å². The molecule has 1 aromatic heterocycles. The second-order valence-electron chi connectivity index (χ2n) is 6.85. The number of halogens is 3. The zero-order chi connectivity index (χ0) is 22.6. The van der Waals surface area contributed by atoms with Crippen LogP contribution in [0.15, 0.2) is 30.5 Å². The topological polar surface area (TPSA) is 108 Å². The highest BCUT2D eigenvalue weighted by atomic mass is 19.4. The van der Waals surface area contributed by atoms with Gasteiger partial charge in [0.1, 0.15) is 11.4 Å². The van der Waals surface area contributed by atoms with E-state index in [1.54, 1.807) is 18.2 Å². The number of carbonyl (C=O) groups is 2. The number of benzene rings is 1. The highest BCUT2D eigenvalue weighted by Gasteiger charge is 2.36. The zero-order valence-corrected chi connectivity index (χ0v) is 16.8. The molecule has 1 fully saturated rings. The minimum Gasteiger partial charge on any atom is -0.453 e. The molecule has 3 rings (SSSR count). The van der Waals surface area contributed by atoms with E-state index in [1.807, 2.05) is 0 Å². The Bertz CT molecular complexity index is 969. The van der Waals surface area contributed by atoms with E-state index in [0.29, 0.717) is 31.4 Å². The van der Waals surface area contributed by atoms with Gasteiger partial charge in [0.25, 0.3) is 0 Å². The van der Waals surface area contributed by atoms with Crippen LogP contribution in [-0.4, -0.2) is 53.1 Å². The predicted octanol–water partition coefficient (Wildman–Crippen LogP) is 3.45. The number of carbonyl (C=O) groups excluding carboxylic acids is 2. The van der Waals surface area contributed by atoms with Crippen molar-refractivity contribution in [3.8, 4) is 0 Å². The molecule has 2 heterocycles. The quantitative estimate of drug-likeness (QED) is 0.656. The molecular weight excluding hydrogens is 417 g/mol. The van der Waals surface area contributed by atoms with Crippen molar-refractivity contribution >= 4 is 35.1 Å². The second kappa shape index (κ2) is 9.06. The molecule has 31 heavy (non-hydrogen) atoms. The van der Waals surface area contributed by atoms with Gasteiger partial charge >= 0.3 is 12.3 Å². The fraction of sp³-hybridized carbons (Fsp3) is 0.368. The van der Waals surface area contributed by atoms with Crippen LogP contribution in [0.25, 0.3) is 0 Å². The summed E-state index contributed by atoms with van der Waals surface area (Å²) in [6.45, 7) is 2.05. The van der Waals surface area contributed by atoms with Crippen molar-refractivity contribution in [2.45, 2.75) is 25.6 Å². The number of anilines is 4. The van der Waals surface area contributed by atoms with E-state index < -0.39 is 23.7 Å². The van der Waals surface area contributed by atoms with Crippen LogP contribution in [0, 0.1) is 0 Å². The number of aromatic nitrogens is 2. The third-order valence-corrected chi connectivity index (χ3v) is 4.54. The van der Waals surface area contributed by atoms with Gasteiger partial charge in [0, 0.05) is 32.3 Å². The zero-order valence-electron chi connectivity index (χ0n) is 16.8. The molecule has 9 nitrogen and oxygen atoms in total. The summed E-state index contributed by atoms with van der Waals surface area (Å²) in [6, 6.07) is 6.08. The molecule has 1 saturated heterocycles. The maximum Gasteiger partial charge on any atom is 0.421 e. The number of hydrogen-bond donors (Lipinski definition) is 3. The Kier molecular flexibility index (Phi) is 6.47. The lowest BCUT2D eigenvalue weighted by Crippen LogP contribution is -2.31. The van der Waals surface area contributed by atoms with Crippen molar-refractivity contribution in [2.75, 3.05) is 36.1 Å². The van der Waals surface area contributed by atoms with Crippen LogP contribution in [-0.2, 0) is 15.7 Å². The molecule has 0 saturated carbocycles. The van der Waals surface area contributed by atoms with Gasteiger partial charge in [-0.1, -0.05) is 12.1 Å². The molecule has 2 aromatic rings. The SMILES string of the molecule is COC(=O)N1CC[C@@H](Nc2ncc(C(F)(F)F)c(Nc3ccccc3NC(C)=O)n2)C1. The summed E-state index contributed by atoms with van der Waals surface area (Å²) < 4.78 is 45.2. The molecule has 0 radical (unpaired) electrons. The van der Waals surface area contributed by atoms with Gasteiger partial charge in [-0.25, -0.2) is 9.78 Å². The molecule has 1 aromatic carbocycles. The lowest BCUT2D eigenvalue weighted by Gasteiger charge is -2.18. The monoisotopic (exact) mass is 438 g/mol. The number of rotatable bonds is 5. The number of likely N-dealkylation sites (tertiary alicyclic amines) is 1. The van der Waals surface area contributed by atoms with E-state index in [0.717, 1.165) is 0 Å². The summed E-state index contributed by atoms with van der Waals surface area (Å²) in [5.41, 5.74) is -0.510. The Morgan fingerprint density at radius 3 is 2.58 bits per heavy atom. The van der Waals surface area contributed by atoms with E-state index in [1.165, 1.54) is 25.0 Å². The molecule has 166 valence electrons. The molecular formula is C19H21F3N6O3. The first-order valence-electron chi connectivity index (χ1n) is 9.34. The fourth-order valence-corrected chi connectivity index (χ4v) is 3.13. The van der Waals surface area contributed by atoms with Gasteiger partial charge < -0.3 is 25.6 Å². The predicted molar refractivity (Wildman–Crippen MR) is 107 cm³/mol. The van der Waals surface area contributed by atoms with Crippen LogP contribution in [0.5, 0.6) is 0 Å². The van der Waals surface area contributed by atoms with Gasteiger partial charge in [-0.15, -0.1) is 0 Å². The van der Waals surface area contributed by atoms with Gasteiger partial charge in [-0.3, -0.25) is 4.79 Å². The maximum atomic E-state index is 13.5. The van der Waals surface area contributed by atoms with Crippen LogP contribution in [0.2, 0.25) is 0 Å². The van der Waals surface area contributed by atoms with Crippen LogP contribution >= 0.6 is 0 Å². The van der Waals surface area contributed by atoms with Gasteiger partial charge in [0.05, 0.1) is 18.5 Å². The number of nitrogens with zero attached hydrogens (tertiary/aromatic N) is 3. The lowest BCUT2D eigenvalue weighted by atomic mass is 10.2. The number of ether oxygens (including phenoxy) is 1. The standard InChI is InChI=1S/C19H21F3N6O3/c1-11(29)24-14-5-3-4-6-15(14)26-16-13(19(20,21)22)9-23-17(27-16)25-12-7-8-28(10-12)18(30)31-2/h3-6,9,12H,7-8,10H2,1-2H3,(H,24,29)(H2,23,25,26,27)/t12-/m1/s1. The van der Waals surface area contributed by atoms with Crippen molar-refractivity contribution in [1.82, 2.24) is 14.9 Å². The molecule has 3 N–H and O–H groups in total. The fourth-order valence-electron chi connectivity index (χ4n) is 3.13. The first-order chi connectivity index (χ1) is 14.7. The molecule has 0 bridgehead atoms. The highest BCUT2D eigenvalue weighted by molar-refractivity contribution is 5.93. The van der Waals surface area contributed by atoms with Crippen molar-refractivity contribution in [2.24, 2.45) is 0 Å². The van der Waals surface area contributed by atoms with Crippen LogP contribution in [0.3, 0.4) is 0 Å². The molecule has 12 heteroatoms. The number of hydrogen-bond acceptors (Lipinski definition) is 7. The number of nitrogens with one attached hydrogen (secondary N) is 3. The van der Waals surface area contributed by atoms with Crippen molar-refractivity contribution < 1.29 is 27.5 Å². The van der Waals surface area contributed by atoms with Crippen molar-refractivity contribution in [3.63, 3.8) is 0 Å². The summed E-state index contributed by atoms with van der Waals surface area (Å²) >= 11 is 0. The molecule has 1 aliphatic rings. The summed E-state index contributed by atoms with van der Waals surface area (Å²) in [4.78, 5) is 32.3. The smallest absolute Gasteiger partial charge is 0.421 e. The molecule has 2 amide bonds. The second-order valence-corrected chi connectivity index (χ2v) is 6.85. The summed E-state index contributed by atoms with van der Waals surface area (Å²) in [5.74, 6) is -0.860. The largest absolute Gasteiger partial charge is 0.453 e. The molecule has 0 aliphatic carbocycles. The van der Waals surface area contributed by atoms with E-state index in [2.05, 4.69) is 30.7 Å². The van der Waals surface area contributed by atoms with Crippen LogP contribution in [0.4, 0.5) is 41.1 Å². The van der Waals surface area contributed by atoms with Gasteiger partial charge in [-0.05, 0) is 18.6 Å². The normalized spacial score (nSPS) is 16.0. The highest BCUT2D eigenvalue weighted by Crippen LogP contribution is 2.36. The number of methoxy groups -OCH3 is 1. The van der Waals surface area contributed by atoms with Gasteiger partial charge in [0.15, 0.2) is 0 Å². The van der Waals surface area contributed by atoms with Crippen LogP contribution in [0.1, 0.15) is 18.9 Å². The van der Waals surface area contributed by atoms with E-state index in [-0.39, 0.29) is 23.6 Å². The van der Waals surface area contributed by atoms with Crippen LogP contribution < -0.4 is 16.0 Å². The third kappa shape index (κ3) is 5.53. The molecule has 1 aliphatic heterocycles. The minimum absolute atomic E-state index is 0.0239. The Morgan fingerprint density at radius 1 is 1.23 bits per heavy atom. The van der Waals surface area contributed by atoms with E-state index >= 15 is 0 Å². The third-order valence-electron chi connectivity index (χ3n) is 4.54. The average Bonchev–Trinajstić information content (AvgIpc) is 3.16. The first-order valence-corrected chi connectivity index (χ1v) is 9.34. The van der Waals surface area contributed by atoms with E-state index in [9.17, 15) is 22.8 Å². The Morgan fingerprint density at radius 2 is 1.94 bits per heavy atom. The number of alkyl halides is 3. The molecule has 0 unspecified atom stereocenters. The van der Waals surface area contributed by atoms with Crippen molar-refractivity contribution in [3.05, 3.63) is 36.0 Å². The summed E-state index contributed by atoms with van der Waals surface area (Å²) in [5, 5.41) is 8.15. The minimum atomic E-state index is -4.70. The van der Waals surface area contributed by atoms with E-state index in [4.69, 9.17) is 0 Å². The number of amides is 2. The molecule has 0 spiro atoms. The Labute approximate surface area is 176 Å². The summed E-state index contributed by atoms with van der Waals surface area (Å²) in [6.07, 6.45) is -3.92. The first kappa shape index (κ1) is 22.1. The van der Waals surface area contributed by atoms with Gasteiger partial charge in [0.2, 0.25) is 11.9 Å².